The van der Waals surface area contributed by atoms with Crippen LogP contribution in [0.2, 0.25) is 5.02 Å². The first-order valence-corrected chi connectivity index (χ1v) is 7.93. The third kappa shape index (κ3) is 3.87. The Hall–Kier alpha value is -3.07. The Bertz CT molecular complexity index is 1150. The molecule has 27 heavy (non-hydrogen) atoms. The van der Waals surface area contributed by atoms with E-state index in [1.165, 1.54) is 12.1 Å². The zero-order valence-electron chi connectivity index (χ0n) is 13.4. The molecule has 0 unspecified atom stereocenters. The van der Waals surface area contributed by atoms with Crippen molar-refractivity contribution < 1.29 is 18.0 Å². The van der Waals surface area contributed by atoms with Crippen LogP contribution in [0.25, 0.3) is 11.0 Å². The molecule has 140 valence electrons. The summed E-state index contributed by atoms with van der Waals surface area (Å²) in [5, 5.41) is 1.77. The van der Waals surface area contributed by atoms with E-state index >= 15 is 0 Å². The molecule has 0 spiro atoms. The zero-order chi connectivity index (χ0) is 19.8. The van der Waals surface area contributed by atoms with Crippen molar-refractivity contribution in [2.45, 2.75) is 12.7 Å². The Balaban J connectivity index is 1.92. The highest BCUT2D eigenvalue weighted by molar-refractivity contribution is 6.31. The number of amides is 1. The van der Waals surface area contributed by atoms with Gasteiger partial charge in [-0.1, -0.05) is 23.7 Å². The van der Waals surface area contributed by atoms with Crippen molar-refractivity contribution in [2.24, 2.45) is 0 Å². The number of aromatic amines is 1. The first-order chi connectivity index (χ1) is 12.7. The van der Waals surface area contributed by atoms with E-state index in [1.807, 2.05) is 0 Å². The molecule has 1 amide bonds. The van der Waals surface area contributed by atoms with Gasteiger partial charge in [-0.25, -0.2) is 0 Å². The van der Waals surface area contributed by atoms with E-state index in [0.717, 1.165) is 10.6 Å². The summed E-state index contributed by atoms with van der Waals surface area (Å²) in [5.41, 5.74) is -2.44. The first kappa shape index (κ1) is 18.7. The Kier molecular flexibility index (Phi) is 4.79. The number of carbonyl (C=O) groups is 1. The zero-order valence-corrected chi connectivity index (χ0v) is 14.2. The fraction of sp³-hybridized carbons (Fsp3) is 0.118. The Morgan fingerprint density at radius 2 is 1.85 bits per heavy atom. The average Bonchev–Trinajstić information content (AvgIpc) is 2.59. The molecular weight excluding hydrogens is 387 g/mol. The molecule has 2 N–H and O–H groups in total. The van der Waals surface area contributed by atoms with Gasteiger partial charge in [0.15, 0.2) is 0 Å². The van der Waals surface area contributed by atoms with Crippen molar-refractivity contribution in [2.75, 3.05) is 5.32 Å². The van der Waals surface area contributed by atoms with E-state index in [9.17, 15) is 27.6 Å². The van der Waals surface area contributed by atoms with Crippen molar-refractivity contribution in [3.8, 4) is 0 Å². The Morgan fingerprint density at radius 3 is 2.56 bits per heavy atom. The number of aromatic nitrogens is 2. The minimum absolute atomic E-state index is 0.140. The summed E-state index contributed by atoms with van der Waals surface area (Å²) in [7, 11) is 0. The average molecular weight is 398 g/mol. The summed E-state index contributed by atoms with van der Waals surface area (Å²) in [6, 6.07) is 9.24. The number of benzene rings is 2. The van der Waals surface area contributed by atoms with Gasteiger partial charge in [-0.2, -0.15) is 13.2 Å². The van der Waals surface area contributed by atoms with Gasteiger partial charge in [-0.15, -0.1) is 0 Å². The van der Waals surface area contributed by atoms with Crippen LogP contribution in [-0.4, -0.2) is 15.5 Å². The number of hydrogen-bond donors (Lipinski definition) is 2. The molecule has 0 atom stereocenters. The van der Waals surface area contributed by atoms with E-state index in [0.29, 0.717) is 17.1 Å². The minimum atomic E-state index is -4.68. The Labute approximate surface area is 154 Å². The first-order valence-electron chi connectivity index (χ1n) is 7.55. The third-order valence-corrected chi connectivity index (χ3v) is 4.07. The van der Waals surface area contributed by atoms with Crippen LogP contribution < -0.4 is 16.4 Å². The molecule has 0 bridgehead atoms. The SMILES string of the molecule is O=C(Cn1c(=O)c(=O)[nH]c2ccccc21)Nc1ccc(Cl)c(C(F)(F)F)c1. The topological polar surface area (TPSA) is 84.0 Å². The highest BCUT2D eigenvalue weighted by Crippen LogP contribution is 2.36. The van der Waals surface area contributed by atoms with Gasteiger partial charge in [0, 0.05) is 5.69 Å². The molecule has 0 fully saturated rings. The van der Waals surface area contributed by atoms with Crippen LogP contribution in [0.5, 0.6) is 0 Å². The maximum Gasteiger partial charge on any atom is 0.417 e. The van der Waals surface area contributed by atoms with E-state index in [1.54, 1.807) is 18.2 Å². The maximum absolute atomic E-state index is 12.9. The number of fused-ring (bicyclic) bond motifs is 1. The normalized spacial score (nSPS) is 11.6. The molecule has 0 radical (unpaired) electrons. The number of rotatable bonds is 3. The fourth-order valence-corrected chi connectivity index (χ4v) is 2.77. The van der Waals surface area contributed by atoms with Crippen LogP contribution in [0, 0.1) is 0 Å². The summed E-state index contributed by atoms with van der Waals surface area (Å²) in [5.74, 6) is -0.775. The molecule has 3 aromatic rings. The number of H-pyrrole nitrogens is 1. The lowest BCUT2D eigenvalue weighted by Crippen LogP contribution is -2.38. The molecule has 0 aliphatic heterocycles. The number of para-hydroxylation sites is 2. The third-order valence-electron chi connectivity index (χ3n) is 3.74. The largest absolute Gasteiger partial charge is 0.417 e. The molecule has 6 nitrogen and oxygen atoms in total. The highest BCUT2D eigenvalue weighted by Gasteiger charge is 2.33. The smallest absolute Gasteiger partial charge is 0.325 e. The van der Waals surface area contributed by atoms with Gasteiger partial charge in [0.05, 0.1) is 21.6 Å². The van der Waals surface area contributed by atoms with Gasteiger partial charge in [0.2, 0.25) is 5.91 Å². The predicted octanol–water partition coefficient (Wildman–Crippen LogP) is 3.00. The van der Waals surface area contributed by atoms with E-state index in [-0.39, 0.29) is 5.69 Å². The summed E-state index contributed by atoms with van der Waals surface area (Å²) in [4.78, 5) is 38.4. The van der Waals surface area contributed by atoms with Crippen LogP contribution in [0.1, 0.15) is 5.56 Å². The van der Waals surface area contributed by atoms with Crippen molar-refractivity contribution in [1.82, 2.24) is 9.55 Å². The quantitative estimate of drug-likeness (QED) is 0.666. The van der Waals surface area contributed by atoms with Gasteiger partial charge < -0.3 is 10.3 Å². The number of carbonyl (C=O) groups excluding carboxylic acids is 1. The number of alkyl halides is 3. The second kappa shape index (κ2) is 6.92. The van der Waals surface area contributed by atoms with Crippen LogP contribution in [0.3, 0.4) is 0 Å². The number of nitrogens with zero attached hydrogens (tertiary/aromatic N) is 1. The van der Waals surface area contributed by atoms with E-state index in [4.69, 9.17) is 11.6 Å². The molecule has 0 aliphatic rings. The van der Waals surface area contributed by atoms with Crippen LogP contribution in [-0.2, 0) is 17.5 Å². The van der Waals surface area contributed by atoms with Crippen molar-refractivity contribution in [1.29, 1.82) is 0 Å². The molecule has 2 aromatic carbocycles. The summed E-state index contributed by atoms with van der Waals surface area (Å²) in [6.45, 7) is -0.548. The molecule has 10 heteroatoms. The molecule has 1 aromatic heterocycles. The van der Waals surface area contributed by atoms with Crippen LogP contribution >= 0.6 is 11.6 Å². The van der Waals surface area contributed by atoms with Crippen molar-refractivity contribution >= 4 is 34.2 Å². The van der Waals surface area contributed by atoms with Gasteiger partial charge in [0.1, 0.15) is 6.54 Å². The van der Waals surface area contributed by atoms with E-state index in [2.05, 4.69) is 10.3 Å². The van der Waals surface area contributed by atoms with Gasteiger partial charge in [0.25, 0.3) is 0 Å². The van der Waals surface area contributed by atoms with Crippen molar-refractivity contribution in [3.63, 3.8) is 0 Å². The molecule has 0 aliphatic carbocycles. The van der Waals surface area contributed by atoms with Gasteiger partial charge in [-0.05, 0) is 30.3 Å². The lowest BCUT2D eigenvalue weighted by molar-refractivity contribution is -0.137. The molecule has 0 saturated carbocycles. The lowest BCUT2D eigenvalue weighted by atomic mass is 10.2. The highest BCUT2D eigenvalue weighted by atomic mass is 35.5. The minimum Gasteiger partial charge on any atom is -0.325 e. The number of nitrogens with one attached hydrogen (secondary N) is 2. The second-order valence-electron chi connectivity index (χ2n) is 5.60. The molecule has 0 saturated heterocycles. The maximum atomic E-state index is 12.9. The Morgan fingerprint density at radius 1 is 1.15 bits per heavy atom. The monoisotopic (exact) mass is 397 g/mol. The fourth-order valence-electron chi connectivity index (χ4n) is 2.54. The summed E-state index contributed by atoms with van der Waals surface area (Å²) >= 11 is 5.53. The van der Waals surface area contributed by atoms with Gasteiger partial charge in [-0.3, -0.25) is 19.0 Å². The van der Waals surface area contributed by atoms with Crippen LogP contribution in [0.4, 0.5) is 18.9 Å². The predicted molar refractivity (Wildman–Crippen MR) is 93.9 cm³/mol. The molecule has 1 heterocycles. The van der Waals surface area contributed by atoms with Gasteiger partial charge >= 0.3 is 17.3 Å². The summed E-state index contributed by atoms with van der Waals surface area (Å²) in [6.07, 6.45) is -4.68. The van der Waals surface area contributed by atoms with E-state index < -0.39 is 40.3 Å². The van der Waals surface area contributed by atoms with Crippen molar-refractivity contribution in [3.05, 3.63) is 73.8 Å². The number of anilines is 1. The summed E-state index contributed by atoms with van der Waals surface area (Å²) < 4.78 is 39.7. The number of hydrogen-bond acceptors (Lipinski definition) is 3. The lowest BCUT2D eigenvalue weighted by Gasteiger charge is -2.13. The van der Waals surface area contributed by atoms with Crippen LogP contribution in [0.15, 0.2) is 52.1 Å². The number of halogens is 4. The standard InChI is InChI=1S/C17H11ClF3N3O3/c18-11-6-5-9(7-10(11)17(19,20)21)22-14(25)8-24-13-4-2-1-3-12(13)23-15(26)16(24)27/h1-7H,8H2,(H,22,25)(H,23,26). The molecule has 3 rings (SSSR count). The molecular formula is C17H11ClF3N3O3. The second-order valence-corrected chi connectivity index (χ2v) is 6.01.